The van der Waals surface area contributed by atoms with E-state index < -0.39 is 0 Å². The molecule has 0 aliphatic carbocycles. The summed E-state index contributed by atoms with van der Waals surface area (Å²) >= 11 is 4.22. The Balaban J connectivity index is 2.87. The Bertz CT molecular complexity index is 429. The molecule has 0 aliphatic rings. The molecule has 0 bridgehead atoms. The molecular weight excluding hydrogens is 279 g/mol. The van der Waals surface area contributed by atoms with Gasteiger partial charge in [0.2, 0.25) is 0 Å². The van der Waals surface area contributed by atoms with Gasteiger partial charge in [0.1, 0.15) is 0 Å². The van der Waals surface area contributed by atoms with Crippen molar-refractivity contribution < 1.29 is 0 Å². The second kappa shape index (κ2) is 3.00. The molecule has 0 aliphatic heterocycles. The van der Waals surface area contributed by atoms with Gasteiger partial charge in [0.05, 0.1) is 0 Å². The molecule has 0 fully saturated rings. The molecule has 0 nitrogen and oxygen atoms in total. The van der Waals surface area contributed by atoms with Gasteiger partial charge in [-0.15, -0.1) is 11.3 Å². The fourth-order valence-corrected chi connectivity index (χ4v) is 2.93. The lowest BCUT2D eigenvalue weighted by Gasteiger charge is -1.98. The van der Waals surface area contributed by atoms with Gasteiger partial charge in [-0.25, -0.2) is 0 Å². The molecule has 1 heterocycles. The predicted molar refractivity (Wildman–Crippen MR) is 64.0 cm³/mol. The number of thiophene rings is 1. The van der Waals surface area contributed by atoms with Gasteiger partial charge in [0, 0.05) is 8.27 Å². The van der Waals surface area contributed by atoms with E-state index in [-0.39, 0.29) is 0 Å². The summed E-state index contributed by atoms with van der Waals surface area (Å²) in [5.41, 5.74) is 2.78. The van der Waals surface area contributed by atoms with Crippen LogP contribution in [0.25, 0.3) is 10.1 Å². The summed E-state index contributed by atoms with van der Waals surface area (Å²) in [6.07, 6.45) is 0. The molecule has 1 aromatic carbocycles. The van der Waals surface area contributed by atoms with Crippen LogP contribution < -0.4 is 0 Å². The van der Waals surface area contributed by atoms with Crippen LogP contribution in [0.3, 0.4) is 0 Å². The number of benzene rings is 1. The number of hydrogen-bond acceptors (Lipinski definition) is 1. The zero-order chi connectivity index (χ0) is 8.72. The van der Waals surface area contributed by atoms with E-state index in [1.807, 2.05) is 11.3 Å². The normalized spacial score (nSPS) is 10.9. The van der Waals surface area contributed by atoms with Crippen LogP contribution in [-0.2, 0) is 0 Å². The van der Waals surface area contributed by atoms with Crippen LogP contribution in [0, 0.1) is 17.4 Å². The van der Waals surface area contributed by atoms with Gasteiger partial charge >= 0.3 is 0 Å². The lowest BCUT2D eigenvalue weighted by atomic mass is 10.1. The summed E-state index contributed by atoms with van der Waals surface area (Å²) in [4.78, 5) is 0. The molecule has 0 saturated carbocycles. The lowest BCUT2D eigenvalue weighted by Crippen LogP contribution is -1.78. The van der Waals surface area contributed by atoms with Crippen molar-refractivity contribution in [3.63, 3.8) is 0 Å². The van der Waals surface area contributed by atoms with Crippen LogP contribution in [0.5, 0.6) is 0 Å². The molecule has 0 radical (unpaired) electrons. The van der Waals surface area contributed by atoms with E-state index in [1.54, 1.807) is 0 Å². The molecule has 0 atom stereocenters. The van der Waals surface area contributed by atoms with Crippen molar-refractivity contribution in [1.82, 2.24) is 0 Å². The fraction of sp³-hybridized carbons (Fsp3) is 0.200. The van der Waals surface area contributed by atoms with Crippen molar-refractivity contribution in [2.75, 3.05) is 0 Å². The molecule has 0 N–H and O–H groups in total. The second-order valence-corrected chi connectivity index (χ2v) is 5.09. The first-order valence-corrected chi connectivity index (χ1v) is 5.78. The summed E-state index contributed by atoms with van der Waals surface area (Å²) in [5, 5.41) is 3.64. The monoisotopic (exact) mass is 288 g/mol. The van der Waals surface area contributed by atoms with Crippen LogP contribution in [0.4, 0.5) is 0 Å². The van der Waals surface area contributed by atoms with Crippen molar-refractivity contribution >= 4 is 44.0 Å². The van der Waals surface area contributed by atoms with Gasteiger partial charge in [-0.1, -0.05) is 0 Å². The summed E-state index contributed by atoms with van der Waals surface area (Å²) in [6, 6.07) is 4.55. The van der Waals surface area contributed by atoms with Crippen molar-refractivity contribution in [3.05, 3.63) is 32.2 Å². The van der Waals surface area contributed by atoms with Gasteiger partial charge in [-0.2, -0.15) is 0 Å². The van der Waals surface area contributed by atoms with Crippen LogP contribution in [0.15, 0.2) is 17.5 Å². The molecule has 0 saturated heterocycles. The maximum atomic E-state index is 2.39. The quantitative estimate of drug-likeness (QED) is 0.640. The van der Waals surface area contributed by atoms with E-state index in [2.05, 4.69) is 54.0 Å². The number of fused-ring (bicyclic) bond motifs is 1. The highest BCUT2D eigenvalue weighted by Gasteiger charge is 2.02. The Hall–Kier alpha value is -0.0900. The van der Waals surface area contributed by atoms with Crippen LogP contribution >= 0.6 is 33.9 Å². The summed E-state index contributed by atoms with van der Waals surface area (Å²) in [7, 11) is 0. The van der Waals surface area contributed by atoms with Crippen molar-refractivity contribution in [2.24, 2.45) is 0 Å². The van der Waals surface area contributed by atoms with Crippen molar-refractivity contribution in [3.8, 4) is 0 Å². The Kier molecular flexibility index (Phi) is 2.12. The molecule has 12 heavy (non-hydrogen) atoms. The largest absolute Gasteiger partial charge is 0.143 e. The molecule has 0 amide bonds. The topological polar surface area (TPSA) is 0 Å². The van der Waals surface area contributed by atoms with E-state index >= 15 is 0 Å². The van der Waals surface area contributed by atoms with Gasteiger partial charge in [0.25, 0.3) is 0 Å². The molecule has 0 unspecified atom stereocenters. The molecule has 1 aromatic heterocycles. The highest BCUT2D eigenvalue weighted by molar-refractivity contribution is 14.1. The number of rotatable bonds is 0. The van der Waals surface area contributed by atoms with E-state index in [0.717, 1.165) is 0 Å². The Morgan fingerprint density at radius 1 is 1.17 bits per heavy atom. The van der Waals surface area contributed by atoms with Gasteiger partial charge in [-0.05, 0) is 70.5 Å². The van der Waals surface area contributed by atoms with Gasteiger partial charge in [-0.3, -0.25) is 0 Å². The van der Waals surface area contributed by atoms with Crippen LogP contribution in [0.1, 0.15) is 11.1 Å². The van der Waals surface area contributed by atoms with Crippen molar-refractivity contribution in [2.45, 2.75) is 13.8 Å². The fourth-order valence-electron chi connectivity index (χ4n) is 1.28. The third-order valence-corrected chi connectivity index (χ3v) is 4.27. The number of halogens is 1. The van der Waals surface area contributed by atoms with E-state index in [9.17, 15) is 0 Å². The first-order chi connectivity index (χ1) is 5.68. The molecule has 62 valence electrons. The first-order valence-electron chi connectivity index (χ1n) is 3.82. The van der Waals surface area contributed by atoms with Crippen LogP contribution in [0.2, 0.25) is 0 Å². The Morgan fingerprint density at radius 3 is 2.67 bits per heavy atom. The van der Waals surface area contributed by atoms with Gasteiger partial charge in [0.15, 0.2) is 0 Å². The Morgan fingerprint density at radius 2 is 1.92 bits per heavy atom. The third-order valence-electron chi connectivity index (χ3n) is 2.05. The zero-order valence-electron chi connectivity index (χ0n) is 7.02. The summed E-state index contributed by atoms with van der Waals surface area (Å²) < 4.78 is 2.77. The third kappa shape index (κ3) is 1.27. The zero-order valence-corrected chi connectivity index (χ0v) is 9.99. The smallest absolute Gasteiger partial charge is 0.0356 e. The van der Waals surface area contributed by atoms with Gasteiger partial charge < -0.3 is 0 Å². The average Bonchev–Trinajstić information content (AvgIpc) is 2.35. The molecular formula is C10H9IS. The van der Waals surface area contributed by atoms with E-state index in [0.29, 0.717) is 0 Å². The van der Waals surface area contributed by atoms with Crippen molar-refractivity contribution in [1.29, 1.82) is 0 Å². The minimum Gasteiger partial charge on any atom is -0.143 e. The molecule has 2 heteroatoms. The minimum atomic E-state index is 1.36. The number of hydrogen-bond donors (Lipinski definition) is 0. The maximum Gasteiger partial charge on any atom is 0.0356 e. The number of aryl methyl sites for hydroxylation is 2. The maximum absolute atomic E-state index is 2.39. The Labute approximate surface area is 89.7 Å². The highest BCUT2D eigenvalue weighted by Crippen LogP contribution is 2.28. The lowest BCUT2D eigenvalue weighted by molar-refractivity contribution is 1.46. The molecule has 0 spiro atoms. The second-order valence-electron chi connectivity index (χ2n) is 3.02. The first kappa shape index (κ1) is 8.51. The summed E-state index contributed by atoms with van der Waals surface area (Å²) in [5.74, 6) is 0. The predicted octanol–water partition coefficient (Wildman–Crippen LogP) is 4.12. The van der Waals surface area contributed by atoms with E-state index in [4.69, 9.17) is 0 Å². The van der Waals surface area contributed by atoms with E-state index in [1.165, 1.54) is 24.8 Å². The highest BCUT2D eigenvalue weighted by atomic mass is 127. The van der Waals surface area contributed by atoms with Crippen LogP contribution in [-0.4, -0.2) is 0 Å². The molecule has 2 aromatic rings. The standard InChI is InChI=1S/C10H9IS/c1-6-3-8-7(2)5-12-10(8)4-9(6)11/h3-5H,1-2H3. The SMILES string of the molecule is Cc1cc2c(C)csc2cc1I. The molecule has 2 rings (SSSR count). The minimum absolute atomic E-state index is 1.36. The average molecular weight is 288 g/mol. The summed E-state index contributed by atoms with van der Waals surface area (Å²) in [6.45, 7) is 4.34.